The first-order chi connectivity index (χ1) is 18.0. The molecule has 1 saturated heterocycles. The topological polar surface area (TPSA) is 151 Å². The fourth-order valence-electron chi connectivity index (χ4n) is 4.16. The van der Waals surface area contributed by atoms with Crippen molar-refractivity contribution in [1.29, 1.82) is 0 Å². The number of hydrogen-bond donors (Lipinski definition) is 3. The smallest absolute Gasteiger partial charge is 0.270 e. The quantitative estimate of drug-likeness (QED) is 0.278. The maximum Gasteiger partial charge on any atom is 0.270 e. The van der Waals surface area contributed by atoms with Gasteiger partial charge in [-0.05, 0) is 36.4 Å². The SMILES string of the molecule is CCc1[nH]c2nc(Sc3cnc4nccnc4c3)nc(N3CC(NC(=O)c4cc(N)ccn4)C3)c2c1Cl. The number of nitrogens with one attached hydrogen (secondary N) is 2. The van der Waals surface area contributed by atoms with Crippen LogP contribution in [-0.2, 0) is 6.42 Å². The molecule has 0 saturated carbocycles. The Bertz CT molecular complexity index is 1650. The van der Waals surface area contributed by atoms with Gasteiger partial charge in [-0.3, -0.25) is 14.8 Å². The summed E-state index contributed by atoms with van der Waals surface area (Å²) in [7, 11) is 0. The second-order valence-electron chi connectivity index (χ2n) is 8.55. The van der Waals surface area contributed by atoms with Crippen molar-refractivity contribution >= 4 is 63.0 Å². The minimum Gasteiger partial charge on any atom is -0.399 e. The normalized spacial score (nSPS) is 13.7. The number of halogens is 1. The summed E-state index contributed by atoms with van der Waals surface area (Å²) in [6.07, 6.45) is 7.23. The lowest BCUT2D eigenvalue weighted by Gasteiger charge is -2.40. The summed E-state index contributed by atoms with van der Waals surface area (Å²) in [5, 5.41) is 4.93. The monoisotopic (exact) mass is 532 g/mol. The maximum absolute atomic E-state index is 12.6. The van der Waals surface area contributed by atoms with Gasteiger partial charge < -0.3 is 20.9 Å². The van der Waals surface area contributed by atoms with Crippen LogP contribution in [0.5, 0.6) is 0 Å². The molecule has 37 heavy (non-hydrogen) atoms. The van der Waals surface area contributed by atoms with Crippen LogP contribution in [0, 0.1) is 0 Å². The van der Waals surface area contributed by atoms with Gasteiger partial charge in [-0.25, -0.2) is 19.9 Å². The van der Waals surface area contributed by atoms with Crippen molar-refractivity contribution < 1.29 is 4.79 Å². The Balaban J connectivity index is 1.27. The molecule has 1 aliphatic heterocycles. The first kappa shape index (κ1) is 23.4. The largest absolute Gasteiger partial charge is 0.399 e. The Labute approximate surface area is 220 Å². The number of aryl methyl sites for hydroxylation is 1. The molecule has 1 amide bonds. The van der Waals surface area contributed by atoms with Crippen LogP contribution >= 0.6 is 23.4 Å². The van der Waals surface area contributed by atoms with Crippen molar-refractivity contribution in [1.82, 2.24) is 40.2 Å². The summed E-state index contributed by atoms with van der Waals surface area (Å²) in [4.78, 5) is 45.5. The van der Waals surface area contributed by atoms with E-state index >= 15 is 0 Å². The standard InChI is InChI=1S/C24H21ClN10OS/c1-2-15-19(25)18-21(32-15)33-24(37-14-8-16-20(30-9-14)29-6-5-28-16)34-22(18)35-10-13(11-35)31-23(36)17-7-12(26)3-4-27-17/h3-9,13H,2,10-11H2,1H3,(H2,26,27)(H,31,36)(H,32,33,34). The molecule has 0 bridgehead atoms. The van der Waals surface area contributed by atoms with Gasteiger partial charge in [-0.1, -0.05) is 18.5 Å². The van der Waals surface area contributed by atoms with Crippen LogP contribution in [0.2, 0.25) is 5.02 Å². The van der Waals surface area contributed by atoms with E-state index in [1.54, 1.807) is 30.7 Å². The van der Waals surface area contributed by atoms with Gasteiger partial charge in [0.25, 0.3) is 5.91 Å². The number of aromatic amines is 1. The second kappa shape index (κ2) is 9.45. The molecule has 13 heteroatoms. The number of hydrogen-bond acceptors (Lipinski definition) is 10. The summed E-state index contributed by atoms with van der Waals surface area (Å²) in [6.45, 7) is 3.17. The predicted octanol–water partition coefficient (Wildman–Crippen LogP) is 3.26. The molecule has 6 rings (SSSR count). The van der Waals surface area contributed by atoms with Gasteiger partial charge in [0, 0.05) is 54.2 Å². The van der Waals surface area contributed by atoms with Crippen LogP contribution in [-0.4, -0.2) is 59.9 Å². The Morgan fingerprint density at radius 1 is 1.19 bits per heavy atom. The van der Waals surface area contributed by atoms with Gasteiger partial charge in [0.1, 0.15) is 22.7 Å². The zero-order valence-electron chi connectivity index (χ0n) is 19.6. The summed E-state index contributed by atoms with van der Waals surface area (Å²) < 4.78 is 0. The Morgan fingerprint density at radius 2 is 2.03 bits per heavy atom. The molecule has 1 fully saturated rings. The van der Waals surface area contributed by atoms with E-state index < -0.39 is 0 Å². The minimum absolute atomic E-state index is 0.0662. The number of aromatic nitrogens is 7. The van der Waals surface area contributed by atoms with Crippen LogP contribution in [0.15, 0.2) is 53.0 Å². The highest BCUT2D eigenvalue weighted by molar-refractivity contribution is 7.99. The number of fused-ring (bicyclic) bond motifs is 2. The third-order valence-electron chi connectivity index (χ3n) is 6.02. The molecule has 0 unspecified atom stereocenters. The summed E-state index contributed by atoms with van der Waals surface area (Å²) >= 11 is 8.11. The zero-order chi connectivity index (χ0) is 25.5. The van der Waals surface area contributed by atoms with Crippen molar-refractivity contribution in [2.24, 2.45) is 0 Å². The van der Waals surface area contributed by atoms with Gasteiger partial charge in [0.2, 0.25) is 0 Å². The van der Waals surface area contributed by atoms with Crippen molar-refractivity contribution in [2.45, 2.75) is 29.4 Å². The number of anilines is 2. The number of nitrogens with zero attached hydrogens (tertiary/aromatic N) is 7. The van der Waals surface area contributed by atoms with Crippen LogP contribution in [0.1, 0.15) is 23.1 Å². The second-order valence-corrected chi connectivity index (χ2v) is 9.97. The van der Waals surface area contributed by atoms with E-state index in [2.05, 4.69) is 35.1 Å². The van der Waals surface area contributed by atoms with Crippen molar-refractivity contribution in [3.8, 4) is 0 Å². The number of H-pyrrole nitrogens is 1. The van der Waals surface area contributed by atoms with E-state index in [4.69, 9.17) is 27.3 Å². The molecule has 5 aromatic rings. The third-order valence-corrected chi connectivity index (χ3v) is 7.26. The summed E-state index contributed by atoms with van der Waals surface area (Å²) in [6, 6.07) is 5.04. The fourth-order valence-corrected chi connectivity index (χ4v) is 5.27. The van der Waals surface area contributed by atoms with Crippen LogP contribution < -0.4 is 16.0 Å². The lowest BCUT2D eigenvalue weighted by Crippen LogP contribution is -2.59. The van der Waals surface area contributed by atoms with E-state index in [0.29, 0.717) is 45.8 Å². The molecular weight excluding hydrogens is 512 g/mol. The average molecular weight is 533 g/mol. The van der Waals surface area contributed by atoms with Gasteiger partial charge >= 0.3 is 0 Å². The molecule has 11 nitrogen and oxygen atoms in total. The lowest BCUT2D eigenvalue weighted by atomic mass is 10.1. The number of carbonyl (C=O) groups is 1. The Morgan fingerprint density at radius 3 is 2.84 bits per heavy atom. The Kier molecular flexibility index (Phi) is 5.97. The van der Waals surface area contributed by atoms with E-state index in [1.807, 2.05) is 13.0 Å². The van der Waals surface area contributed by atoms with Gasteiger partial charge in [0.15, 0.2) is 10.8 Å². The van der Waals surface area contributed by atoms with Gasteiger partial charge in [-0.15, -0.1) is 0 Å². The van der Waals surface area contributed by atoms with Crippen molar-refractivity contribution in [2.75, 3.05) is 23.7 Å². The Hall–Kier alpha value is -4.03. The van der Waals surface area contributed by atoms with E-state index in [1.165, 1.54) is 18.0 Å². The molecule has 186 valence electrons. The van der Waals surface area contributed by atoms with E-state index in [-0.39, 0.29) is 17.6 Å². The van der Waals surface area contributed by atoms with Gasteiger partial charge in [0.05, 0.1) is 16.5 Å². The summed E-state index contributed by atoms with van der Waals surface area (Å²) in [5.41, 5.74) is 9.40. The first-order valence-electron chi connectivity index (χ1n) is 11.6. The van der Waals surface area contributed by atoms with Crippen LogP contribution in [0.4, 0.5) is 11.5 Å². The molecule has 0 radical (unpaired) electrons. The molecule has 0 aromatic carbocycles. The number of carbonyl (C=O) groups excluding carboxylic acids is 1. The molecule has 0 aliphatic carbocycles. The molecule has 5 aromatic heterocycles. The highest BCUT2D eigenvalue weighted by atomic mass is 35.5. The zero-order valence-corrected chi connectivity index (χ0v) is 21.2. The molecule has 0 spiro atoms. The lowest BCUT2D eigenvalue weighted by molar-refractivity contribution is 0.0925. The summed E-state index contributed by atoms with van der Waals surface area (Å²) in [5.74, 6) is 0.454. The average Bonchev–Trinajstić information content (AvgIpc) is 3.20. The minimum atomic E-state index is -0.263. The van der Waals surface area contributed by atoms with E-state index in [0.717, 1.165) is 28.2 Å². The third kappa shape index (κ3) is 4.49. The van der Waals surface area contributed by atoms with Crippen molar-refractivity contribution in [3.63, 3.8) is 0 Å². The number of pyridine rings is 2. The van der Waals surface area contributed by atoms with Crippen LogP contribution in [0.25, 0.3) is 22.2 Å². The number of nitrogen functional groups attached to an aromatic ring is 1. The first-order valence-corrected chi connectivity index (χ1v) is 12.8. The van der Waals surface area contributed by atoms with E-state index in [9.17, 15) is 4.79 Å². The maximum atomic E-state index is 12.6. The molecule has 0 atom stereocenters. The predicted molar refractivity (Wildman–Crippen MR) is 142 cm³/mol. The van der Waals surface area contributed by atoms with Gasteiger partial charge in [-0.2, -0.15) is 0 Å². The highest BCUT2D eigenvalue weighted by Gasteiger charge is 2.32. The highest BCUT2D eigenvalue weighted by Crippen LogP contribution is 2.38. The molecular formula is C24H21ClN10OS. The molecule has 6 heterocycles. The number of nitrogens with two attached hydrogens (primary N) is 1. The van der Waals surface area contributed by atoms with Crippen molar-refractivity contribution in [3.05, 3.63) is 59.4 Å². The van der Waals surface area contributed by atoms with Crippen LogP contribution in [0.3, 0.4) is 0 Å². The fraction of sp³-hybridized carbons (Fsp3) is 0.208. The number of amides is 1. The molecule has 1 aliphatic rings. The number of rotatable bonds is 6. The molecule has 4 N–H and O–H groups in total.